The molecular weight excluding hydrogens is 168 g/mol. The van der Waals surface area contributed by atoms with Crippen LogP contribution in [-0.2, 0) is 9.59 Å². The number of primary amides is 1. The van der Waals surface area contributed by atoms with Gasteiger partial charge in [-0.1, -0.05) is 6.58 Å². The third kappa shape index (κ3) is 2.31. The van der Waals surface area contributed by atoms with Gasteiger partial charge in [-0.2, -0.15) is 0 Å². The Morgan fingerprint density at radius 1 is 1.54 bits per heavy atom. The molecular formula is C9H14N2O2. The molecule has 2 N–H and O–H groups in total. The van der Waals surface area contributed by atoms with Crippen molar-refractivity contribution in [3.05, 3.63) is 12.7 Å². The maximum absolute atomic E-state index is 11.2. The fourth-order valence-electron chi connectivity index (χ4n) is 1.54. The van der Waals surface area contributed by atoms with Gasteiger partial charge in [0.15, 0.2) is 0 Å². The van der Waals surface area contributed by atoms with Gasteiger partial charge >= 0.3 is 0 Å². The van der Waals surface area contributed by atoms with E-state index in [1.807, 2.05) is 0 Å². The highest BCUT2D eigenvalue weighted by Crippen LogP contribution is 2.15. The fourth-order valence-corrected chi connectivity index (χ4v) is 1.54. The summed E-state index contributed by atoms with van der Waals surface area (Å²) in [6, 6.07) is 0. The van der Waals surface area contributed by atoms with Crippen LogP contribution in [0.2, 0.25) is 0 Å². The largest absolute Gasteiger partial charge is 0.369 e. The summed E-state index contributed by atoms with van der Waals surface area (Å²) in [6.07, 6.45) is 2.90. The van der Waals surface area contributed by atoms with E-state index in [4.69, 9.17) is 5.73 Å². The number of hydrogen-bond acceptors (Lipinski definition) is 2. The first-order valence-corrected chi connectivity index (χ1v) is 4.36. The number of nitrogens with two attached hydrogens (primary N) is 1. The zero-order valence-corrected chi connectivity index (χ0v) is 7.53. The second kappa shape index (κ2) is 4.07. The van der Waals surface area contributed by atoms with Crippen LogP contribution in [0.5, 0.6) is 0 Å². The average molecular weight is 182 g/mol. The van der Waals surface area contributed by atoms with Crippen LogP contribution in [0.3, 0.4) is 0 Å². The smallest absolute Gasteiger partial charge is 0.245 e. The van der Waals surface area contributed by atoms with E-state index in [1.165, 1.54) is 6.08 Å². The molecule has 1 aliphatic rings. The summed E-state index contributed by atoms with van der Waals surface area (Å²) >= 11 is 0. The van der Waals surface area contributed by atoms with E-state index >= 15 is 0 Å². The third-order valence-electron chi connectivity index (χ3n) is 2.31. The molecule has 0 aromatic carbocycles. The zero-order valence-electron chi connectivity index (χ0n) is 7.53. The third-order valence-corrected chi connectivity index (χ3v) is 2.31. The molecule has 0 aromatic rings. The molecule has 2 amide bonds. The second-order valence-corrected chi connectivity index (χ2v) is 3.23. The molecule has 0 spiro atoms. The lowest BCUT2D eigenvalue weighted by Crippen LogP contribution is -2.43. The number of amides is 2. The molecule has 1 heterocycles. The van der Waals surface area contributed by atoms with Crippen molar-refractivity contribution in [3.8, 4) is 0 Å². The predicted octanol–water partition coefficient (Wildman–Crippen LogP) is -0.104. The molecule has 0 aliphatic carbocycles. The summed E-state index contributed by atoms with van der Waals surface area (Å²) in [6.45, 7) is 4.55. The van der Waals surface area contributed by atoms with Crippen LogP contribution in [0, 0.1) is 5.92 Å². The monoisotopic (exact) mass is 182 g/mol. The van der Waals surface area contributed by atoms with Gasteiger partial charge in [0, 0.05) is 13.1 Å². The Labute approximate surface area is 77.4 Å². The van der Waals surface area contributed by atoms with Gasteiger partial charge in [0.25, 0.3) is 0 Å². The van der Waals surface area contributed by atoms with E-state index in [1.54, 1.807) is 4.90 Å². The Bertz CT molecular complexity index is 238. The van der Waals surface area contributed by atoms with Gasteiger partial charge in [0.1, 0.15) is 0 Å². The molecule has 1 saturated heterocycles. The summed E-state index contributed by atoms with van der Waals surface area (Å²) in [5.74, 6) is -0.620. The molecule has 13 heavy (non-hydrogen) atoms. The van der Waals surface area contributed by atoms with Crippen LogP contribution in [0.1, 0.15) is 12.8 Å². The van der Waals surface area contributed by atoms with Gasteiger partial charge in [-0.05, 0) is 18.9 Å². The van der Waals surface area contributed by atoms with Crippen LogP contribution < -0.4 is 5.73 Å². The van der Waals surface area contributed by atoms with Crippen molar-refractivity contribution in [1.29, 1.82) is 0 Å². The highest BCUT2D eigenvalue weighted by atomic mass is 16.2. The number of rotatable bonds is 2. The summed E-state index contributed by atoms with van der Waals surface area (Å²) in [5, 5.41) is 0. The fraction of sp³-hybridized carbons (Fsp3) is 0.556. The molecule has 1 unspecified atom stereocenters. The number of hydrogen-bond donors (Lipinski definition) is 1. The molecule has 1 rings (SSSR count). The Balaban J connectivity index is 2.56. The Morgan fingerprint density at radius 3 is 2.77 bits per heavy atom. The molecule has 4 nitrogen and oxygen atoms in total. The highest BCUT2D eigenvalue weighted by Gasteiger charge is 2.25. The van der Waals surface area contributed by atoms with Gasteiger partial charge in [-0.15, -0.1) is 0 Å². The summed E-state index contributed by atoms with van der Waals surface area (Å²) in [4.78, 5) is 23.7. The van der Waals surface area contributed by atoms with Crippen molar-refractivity contribution >= 4 is 11.8 Å². The van der Waals surface area contributed by atoms with E-state index in [2.05, 4.69) is 6.58 Å². The molecule has 4 heteroatoms. The van der Waals surface area contributed by atoms with Gasteiger partial charge < -0.3 is 10.6 Å². The van der Waals surface area contributed by atoms with E-state index in [9.17, 15) is 9.59 Å². The van der Waals surface area contributed by atoms with Crippen molar-refractivity contribution in [3.63, 3.8) is 0 Å². The lowest BCUT2D eigenvalue weighted by molar-refractivity contribution is -0.130. The molecule has 72 valence electrons. The van der Waals surface area contributed by atoms with Crippen LogP contribution in [0.15, 0.2) is 12.7 Å². The summed E-state index contributed by atoms with van der Waals surface area (Å²) in [7, 11) is 0. The van der Waals surface area contributed by atoms with Gasteiger partial charge in [-0.3, -0.25) is 9.59 Å². The molecule has 1 aliphatic heterocycles. The lowest BCUT2D eigenvalue weighted by atomic mass is 9.97. The first-order valence-electron chi connectivity index (χ1n) is 4.36. The molecule has 0 bridgehead atoms. The van der Waals surface area contributed by atoms with Gasteiger partial charge in [0.05, 0.1) is 5.92 Å². The number of piperidine rings is 1. The Morgan fingerprint density at radius 2 is 2.23 bits per heavy atom. The van der Waals surface area contributed by atoms with Crippen molar-refractivity contribution in [2.45, 2.75) is 12.8 Å². The topological polar surface area (TPSA) is 63.4 Å². The molecule has 0 saturated carbocycles. The summed E-state index contributed by atoms with van der Waals surface area (Å²) in [5.41, 5.74) is 5.17. The van der Waals surface area contributed by atoms with Crippen molar-refractivity contribution in [2.75, 3.05) is 13.1 Å². The maximum Gasteiger partial charge on any atom is 0.245 e. The molecule has 1 atom stereocenters. The van der Waals surface area contributed by atoms with Crippen LogP contribution in [0.4, 0.5) is 0 Å². The predicted molar refractivity (Wildman–Crippen MR) is 48.7 cm³/mol. The standard InChI is InChI=1S/C9H14N2O2/c1-2-8(12)11-5-3-4-7(6-11)9(10)13/h2,7H,1,3-6H2,(H2,10,13). The average Bonchev–Trinajstić information content (AvgIpc) is 2.17. The molecule has 1 fully saturated rings. The normalized spacial score (nSPS) is 22.5. The number of nitrogens with zero attached hydrogens (tertiary/aromatic N) is 1. The van der Waals surface area contributed by atoms with Crippen LogP contribution >= 0.6 is 0 Å². The van der Waals surface area contributed by atoms with E-state index in [0.29, 0.717) is 13.1 Å². The number of likely N-dealkylation sites (tertiary alicyclic amines) is 1. The zero-order chi connectivity index (χ0) is 9.84. The molecule has 0 radical (unpaired) electrons. The first kappa shape index (κ1) is 9.77. The minimum absolute atomic E-state index is 0.119. The van der Waals surface area contributed by atoms with E-state index in [0.717, 1.165) is 12.8 Å². The molecule has 0 aromatic heterocycles. The van der Waals surface area contributed by atoms with E-state index < -0.39 is 0 Å². The Hall–Kier alpha value is -1.32. The SMILES string of the molecule is C=CC(=O)N1CCCC(C(N)=O)C1. The van der Waals surface area contributed by atoms with Crippen molar-refractivity contribution in [2.24, 2.45) is 11.7 Å². The van der Waals surface area contributed by atoms with Crippen molar-refractivity contribution in [1.82, 2.24) is 4.90 Å². The minimum atomic E-state index is -0.318. The highest BCUT2D eigenvalue weighted by molar-refractivity contribution is 5.87. The van der Waals surface area contributed by atoms with Gasteiger partial charge in [-0.25, -0.2) is 0 Å². The van der Waals surface area contributed by atoms with Crippen LogP contribution in [-0.4, -0.2) is 29.8 Å². The second-order valence-electron chi connectivity index (χ2n) is 3.23. The number of carbonyl (C=O) groups is 2. The Kier molecular flexibility index (Phi) is 3.06. The minimum Gasteiger partial charge on any atom is -0.369 e. The number of carbonyl (C=O) groups excluding carboxylic acids is 2. The maximum atomic E-state index is 11.2. The van der Waals surface area contributed by atoms with Crippen LogP contribution in [0.25, 0.3) is 0 Å². The van der Waals surface area contributed by atoms with E-state index in [-0.39, 0.29) is 17.7 Å². The lowest BCUT2D eigenvalue weighted by Gasteiger charge is -2.30. The summed E-state index contributed by atoms with van der Waals surface area (Å²) < 4.78 is 0. The van der Waals surface area contributed by atoms with Crippen molar-refractivity contribution < 1.29 is 9.59 Å². The quantitative estimate of drug-likeness (QED) is 0.606. The first-order chi connectivity index (χ1) is 6.15. The van der Waals surface area contributed by atoms with Gasteiger partial charge in [0.2, 0.25) is 11.8 Å².